The summed E-state index contributed by atoms with van der Waals surface area (Å²) in [5, 5.41) is 3.08. The van der Waals surface area contributed by atoms with E-state index in [1.165, 1.54) is 36.0 Å². The van der Waals surface area contributed by atoms with E-state index in [0.717, 1.165) is 70.1 Å². The minimum atomic E-state index is 0.226. The van der Waals surface area contributed by atoms with Crippen molar-refractivity contribution in [3.8, 4) is 0 Å². The summed E-state index contributed by atoms with van der Waals surface area (Å²) in [6.45, 7) is 7.01. The second kappa shape index (κ2) is 13.9. The van der Waals surface area contributed by atoms with Gasteiger partial charge in [0.2, 0.25) is 5.91 Å². The van der Waals surface area contributed by atoms with Crippen molar-refractivity contribution in [2.75, 3.05) is 0 Å². The third-order valence-corrected chi connectivity index (χ3v) is 7.97. The fourth-order valence-corrected chi connectivity index (χ4v) is 5.39. The zero-order valence-electron chi connectivity index (χ0n) is 21.9. The van der Waals surface area contributed by atoms with E-state index in [4.69, 9.17) is 0 Å². The molecule has 2 aliphatic carbocycles. The predicted octanol–water partition coefficient (Wildman–Crippen LogP) is 7.59. The van der Waals surface area contributed by atoms with Gasteiger partial charge in [-0.25, -0.2) is 0 Å². The molecular weight excluding hydrogens is 418 g/mol. The third-order valence-electron chi connectivity index (χ3n) is 7.97. The van der Waals surface area contributed by atoms with Gasteiger partial charge in [-0.15, -0.1) is 0 Å². The van der Waals surface area contributed by atoms with Gasteiger partial charge in [-0.05, 0) is 86.7 Å². The lowest BCUT2D eigenvalue weighted by atomic mass is 9.87. The number of nitrogens with one attached hydrogen (secondary N) is 1. The van der Waals surface area contributed by atoms with Gasteiger partial charge in [0.25, 0.3) is 0 Å². The van der Waals surface area contributed by atoms with Crippen LogP contribution in [0.3, 0.4) is 0 Å². The Morgan fingerprint density at radius 3 is 2.32 bits per heavy atom. The van der Waals surface area contributed by atoms with E-state index >= 15 is 0 Å². The van der Waals surface area contributed by atoms with E-state index in [2.05, 4.69) is 56.4 Å². The first-order valence-electron chi connectivity index (χ1n) is 14.0. The van der Waals surface area contributed by atoms with Gasteiger partial charge in [0, 0.05) is 18.9 Å². The minimum absolute atomic E-state index is 0.226. The number of aryl methyl sites for hydroxylation is 1. The first-order valence-corrected chi connectivity index (χ1v) is 14.0. The molecule has 0 aliphatic heterocycles. The smallest absolute Gasteiger partial charge is 0.220 e. The molecule has 0 saturated heterocycles. The highest BCUT2D eigenvalue weighted by Gasteiger charge is 2.26. The first kappa shape index (κ1) is 26.7. The average Bonchev–Trinajstić information content (AvgIpc) is 3.57. The lowest BCUT2D eigenvalue weighted by molar-refractivity contribution is -0.121. The number of benzene rings is 1. The number of hydrogen-bond donors (Lipinski definition) is 1. The van der Waals surface area contributed by atoms with Gasteiger partial charge in [-0.3, -0.25) is 9.59 Å². The molecule has 3 heteroatoms. The first-order chi connectivity index (χ1) is 16.4. The van der Waals surface area contributed by atoms with E-state index in [-0.39, 0.29) is 5.91 Å². The van der Waals surface area contributed by atoms with Crippen LogP contribution in [0.5, 0.6) is 0 Å². The van der Waals surface area contributed by atoms with Crippen molar-refractivity contribution in [2.24, 2.45) is 17.8 Å². The predicted molar refractivity (Wildman–Crippen MR) is 142 cm³/mol. The molecular formula is C31H47NO2. The molecule has 2 aliphatic rings. The summed E-state index contributed by atoms with van der Waals surface area (Å²) in [6.07, 6.45) is 14.8. The quantitative estimate of drug-likeness (QED) is 0.273. The second-order valence-corrected chi connectivity index (χ2v) is 11.3. The number of amides is 1. The van der Waals surface area contributed by atoms with E-state index in [1.54, 1.807) is 0 Å². The van der Waals surface area contributed by atoms with Gasteiger partial charge in [0.05, 0.1) is 0 Å². The molecule has 1 aromatic rings. The van der Waals surface area contributed by atoms with E-state index in [1.807, 2.05) is 0 Å². The van der Waals surface area contributed by atoms with Gasteiger partial charge in [-0.2, -0.15) is 0 Å². The van der Waals surface area contributed by atoms with Crippen LogP contribution in [0, 0.1) is 17.8 Å². The molecule has 0 aromatic heterocycles. The molecule has 0 heterocycles. The highest BCUT2D eigenvalue weighted by molar-refractivity contribution is 5.98. The van der Waals surface area contributed by atoms with Crippen LogP contribution >= 0.6 is 0 Å². The zero-order valence-corrected chi connectivity index (χ0v) is 21.9. The summed E-state index contributed by atoms with van der Waals surface area (Å²) in [6, 6.07) is 11.3. The van der Waals surface area contributed by atoms with E-state index < -0.39 is 0 Å². The van der Waals surface area contributed by atoms with Crippen molar-refractivity contribution in [1.82, 2.24) is 5.32 Å². The third kappa shape index (κ3) is 9.39. The zero-order chi connectivity index (χ0) is 24.3. The van der Waals surface area contributed by atoms with Crippen LogP contribution in [0.2, 0.25) is 0 Å². The number of allylic oxidation sites excluding steroid dienone is 2. The van der Waals surface area contributed by atoms with Crippen LogP contribution in [-0.4, -0.2) is 17.7 Å². The summed E-state index contributed by atoms with van der Waals surface area (Å²) < 4.78 is 0. The Bertz CT molecular complexity index is 808. The average molecular weight is 466 g/mol. The second-order valence-electron chi connectivity index (χ2n) is 11.3. The summed E-state index contributed by atoms with van der Waals surface area (Å²) in [7, 11) is 0. The Balaban J connectivity index is 1.34. The molecule has 0 spiro atoms. The molecule has 3 unspecified atom stereocenters. The highest BCUT2D eigenvalue weighted by atomic mass is 16.1. The van der Waals surface area contributed by atoms with Crippen LogP contribution in [0.15, 0.2) is 41.5 Å². The topological polar surface area (TPSA) is 46.2 Å². The van der Waals surface area contributed by atoms with Gasteiger partial charge < -0.3 is 5.32 Å². The summed E-state index contributed by atoms with van der Waals surface area (Å²) >= 11 is 0. The summed E-state index contributed by atoms with van der Waals surface area (Å²) in [4.78, 5) is 24.4. The van der Waals surface area contributed by atoms with Gasteiger partial charge >= 0.3 is 0 Å². The molecule has 34 heavy (non-hydrogen) atoms. The van der Waals surface area contributed by atoms with Gasteiger partial charge in [-0.1, -0.05) is 75.9 Å². The molecule has 3 atom stereocenters. The van der Waals surface area contributed by atoms with Crippen molar-refractivity contribution in [3.63, 3.8) is 0 Å². The molecule has 188 valence electrons. The van der Waals surface area contributed by atoms with Gasteiger partial charge in [0.15, 0.2) is 5.78 Å². The lowest BCUT2D eigenvalue weighted by Gasteiger charge is -2.18. The van der Waals surface area contributed by atoms with Crippen LogP contribution in [0.4, 0.5) is 0 Å². The fraction of sp³-hybridized carbons (Fsp3) is 0.677. The lowest BCUT2D eigenvalue weighted by Crippen LogP contribution is -2.24. The largest absolute Gasteiger partial charge is 0.353 e. The molecule has 1 aromatic carbocycles. The Kier molecular flexibility index (Phi) is 10.9. The number of carbonyl (C=O) groups excluding carboxylic acids is 2. The maximum atomic E-state index is 12.6. The highest BCUT2D eigenvalue weighted by Crippen LogP contribution is 2.35. The van der Waals surface area contributed by atoms with Crippen LogP contribution in [0.25, 0.3) is 0 Å². The SMILES string of the molecule is CC(CCCC(=O)NC1CC1)CCCC1=C(C(C)CCC(C)CCc2ccccc2)CCC1=O. The Morgan fingerprint density at radius 2 is 1.59 bits per heavy atom. The van der Waals surface area contributed by atoms with E-state index in [9.17, 15) is 9.59 Å². The fourth-order valence-electron chi connectivity index (χ4n) is 5.39. The summed E-state index contributed by atoms with van der Waals surface area (Å²) in [5.74, 6) is 2.50. The number of rotatable bonds is 16. The molecule has 1 N–H and O–H groups in total. The maximum absolute atomic E-state index is 12.6. The molecule has 1 amide bonds. The van der Waals surface area contributed by atoms with Crippen molar-refractivity contribution in [2.45, 2.75) is 117 Å². The number of carbonyl (C=O) groups is 2. The Labute approximate surface area is 208 Å². The van der Waals surface area contributed by atoms with Crippen molar-refractivity contribution in [3.05, 3.63) is 47.0 Å². The van der Waals surface area contributed by atoms with Crippen LogP contribution in [0.1, 0.15) is 110 Å². The molecule has 0 bridgehead atoms. The Hall–Kier alpha value is -1.90. The number of hydrogen-bond acceptors (Lipinski definition) is 2. The normalized spacial score (nSPS) is 18.7. The standard InChI is InChI=1S/C31H47NO2/c1-23(10-8-14-31(34)32-27-19-20-27)9-7-13-29-28(21-22-30(29)33)25(3)17-15-24(2)16-18-26-11-5-4-6-12-26/h4-6,11-12,23-25,27H,7-10,13-22H2,1-3H3,(H,32,34). The van der Waals surface area contributed by atoms with Gasteiger partial charge in [0.1, 0.15) is 0 Å². The Morgan fingerprint density at radius 1 is 0.882 bits per heavy atom. The molecule has 0 radical (unpaired) electrons. The van der Waals surface area contributed by atoms with Crippen molar-refractivity contribution in [1.29, 1.82) is 0 Å². The van der Waals surface area contributed by atoms with Crippen LogP contribution in [-0.2, 0) is 16.0 Å². The number of ketones is 1. The minimum Gasteiger partial charge on any atom is -0.353 e. The van der Waals surface area contributed by atoms with Crippen molar-refractivity contribution >= 4 is 11.7 Å². The number of Topliss-reactive ketones (excluding diaryl/α,β-unsaturated/α-hetero) is 1. The van der Waals surface area contributed by atoms with E-state index in [0.29, 0.717) is 30.1 Å². The molecule has 1 saturated carbocycles. The maximum Gasteiger partial charge on any atom is 0.220 e. The molecule has 3 nitrogen and oxygen atoms in total. The summed E-state index contributed by atoms with van der Waals surface area (Å²) in [5.41, 5.74) is 4.06. The molecule has 3 rings (SSSR count). The molecule has 1 fully saturated rings. The van der Waals surface area contributed by atoms with Crippen LogP contribution < -0.4 is 5.32 Å². The van der Waals surface area contributed by atoms with Crippen molar-refractivity contribution < 1.29 is 9.59 Å². The monoisotopic (exact) mass is 465 g/mol.